The lowest BCUT2D eigenvalue weighted by atomic mass is 9.84. The molecule has 0 radical (unpaired) electrons. The van der Waals surface area contributed by atoms with E-state index in [4.69, 9.17) is 30.1 Å². The molecule has 20 heteroatoms. The second-order valence-corrected chi connectivity index (χ2v) is 16.7. The lowest BCUT2D eigenvalue weighted by Gasteiger charge is -2.40. The molecular formula is C44H57F5N6O8S. The number of alkyl halides is 3. The summed E-state index contributed by atoms with van der Waals surface area (Å²) in [6.45, 7) is 9.16. The number of ether oxygens (including phenoxy) is 2. The second kappa shape index (κ2) is 26.6. The van der Waals surface area contributed by atoms with Gasteiger partial charge in [-0.2, -0.15) is 24.9 Å². The number of carboxylic acids is 1. The van der Waals surface area contributed by atoms with E-state index in [1.165, 1.54) is 12.2 Å². The number of thioether (sulfide) groups is 1. The maximum absolute atomic E-state index is 15.0. The Labute approximate surface area is 373 Å². The topological polar surface area (TPSA) is 186 Å². The van der Waals surface area contributed by atoms with Gasteiger partial charge >= 0.3 is 12.1 Å². The predicted octanol–water partition coefficient (Wildman–Crippen LogP) is 6.14. The number of amides is 4. The average molecular weight is 925 g/mol. The molecule has 4 amide bonds. The third-order valence-electron chi connectivity index (χ3n) is 9.47. The number of halogens is 5. The summed E-state index contributed by atoms with van der Waals surface area (Å²) < 4.78 is 73.9. The Hall–Kier alpha value is -5.18. The van der Waals surface area contributed by atoms with Crippen LogP contribution < -0.4 is 11.1 Å². The molecule has 64 heavy (non-hydrogen) atoms. The highest BCUT2D eigenvalue weighted by Crippen LogP contribution is 2.40. The Bertz CT molecular complexity index is 1990. The van der Waals surface area contributed by atoms with E-state index >= 15 is 4.39 Å². The van der Waals surface area contributed by atoms with E-state index in [1.807, 2.05) is 60.6 Å². The van der Waals surface area contributed by atoms with Crippen LogP contribution in [0.2, 0.25) is 0 Å². The number of imidazole rings is 1. The number of unbranched alkanes of at least 4 members (excludes halogenated alkanes) is 2. The fraction of sp³-hybridized carbons (Fsp3) is 0.500. The number of carboxylic acid groups (broad SMARTS) is 1. The number of rotatable bonds is 25. The number of nitrogens with zero attached hydrogens (tertiary/aromatic N) is 4. The van der Waals surface area contributed by atoms with E-state index in [0.29, 0.717) is 70.4 Å². The Morgan fingerprint density at radius 1 is 0.922 bits per heavy atom. The highest BCUT2D eigenvalue weighted by atomic mass is 32.2. The molecule has 4 rings (SSSR count). The zero-order valence-electron chi connectivity index (χ0n) is 36.2. The van der Waals surface area contributed by atoms with Crippen LogP contribution >= 0.6 is 11.8 Å². The molecule has 352 valence electrons. The molecule has 0 spiro atoms. The van der Waals surface area contributed by atoms with Crippen molar-refractivity contribution in [3.05, 3.63) is 89.9 Å². The smallest absolute Gasteiger partial charge is 0.475 e. The van der Waals surface area contributed by atoms with Gasteiger partial charge in [0, 0.05) is 50.0 Å². The first-order chi connectivity index (χ1) is 30.3. The summed E-state index contributed by atoms with van der Waals surface area (Å²) in [5.74, 6) is -3.10. The maximum Gasteiger partial charge on any atom is 0.490 e. The second-order valence-electron chi connectivity index (χ2n) is 15.6. The first-order valence-corrected chi connectivity index (χ1v) is 21.9. The summed E-state index contributed by atoms with van der Waals surface area (Å²) in [5.41, 5.74) is 6.81. The molecule has 1 aromatic heterocycles. The summed E-state index contributed by atoms with van der Waals surface area (Å²) in [4.78, 5) is 66.1. The number of benzene rings is 2. The van der Waals surface area contributed by atoms with Gasteiger partial charge in [0.25, 0.3) is 11.8 Å². The molecule has 1 aliphatic heterocycles. The first-order valence-electron chi connectivity index (χ1n) is 20.7. The van der Waals surface area contributed by atoms with E-state index in [2.05, 4.69) is 5.32 Å². The van der Waals surface area contributed by atoms with Gasteiger partial charge in [0.2, 0.25) is 11.8 Å². The number of carbonyl (C=O) groups is 5. The van der Waals surface area contributed by atoms with Gasteiger partial charge in [-0.1, -0.05) is 57.5 Å². The summed E-state index contributed by atoms with van der Waals surface area (Å²) >= 11 is 1.55. The minimum absolute atomic E-state index is 0.0519. The standard InChI is InChI=1S/C42H56F2N6O6S.C2HF3O2/c1-42(2,3)40(41-47-35(33-27-32(43)14-15-34(33)44)29-48(41)28-31-11-6-4-7-12-31)50(20-10-18-45)39(54)30-57-26-9-5-8-13-36(51)46-19-22-55-24-25-56-23-21-49-37(52)16-17-38(49)53;3-2(4,5)1(6)7/h4,6-7,11-12,14-17,27,29,40H,5,8-10,13,18-26,28,30,45H2,1-3H3,(H,46,51);(H,6,7). The molecule has 0 saturated heterocycles. The SMILES string of the molecule is CC(C)(C)C(c1nc(-c2cc(F)ccc2F)cn1Cc1ccccc1)N(CCCN)C(=O)CSCCCCCC(=O)NCCOCCOCCN1C(=O)C=CC1=O.O=C(O)C(F)(F)F. The van der Waals surface area contributed by atoms with Crippen LogP contribution in [0.3, 0.4) is 0 Å². The van der Waals surface area contributed by atoms with E-state index in [0.717, 1.165) is 53.7 Å². The minimum atomic E-state index is -5.08. The molecule has 0 saturated carbocycles. The molecule has 2 aromatic carbocycles. The summed E-state index contributed by atoms with van der Waals surface area (Å²) in [7, 11) is 0. The fourth-order valence-electron chi connectivity index (χ4n) is 6.42. The van der Waals surface area contributed by atoms with Crippen LogP contribution in [0.25, 0.3) is 11.3 Å². The third kappa shape index (κ3) is 18.1. The number of aromatic nitrogens is 2. The number of carbonyl (C=O) groups excluding carboxylic acids is 4. The maximum atomic E-state index is 15.0. The van der Waals surface area contributed by atoms with Gasteiger partial charge < -0.3 is 35.1 Å². The van der Waals surface area contributed by atoms with Crippen LogP contribution in [-0.2, 0) is 40.0 Å². The fourth-order valence-corrected chi connectivity index (χ4v) is 7.31. The van der Waals surface area contributed by atoms with Crippen molar-refractivity contribution in [2.75, 3.05) is 64.1 Å². The van der Waals surface area contributed by atoms with Gasteiger partial charge in [0.05, 0.1) is 50.5 Å². The molecule has 0 aliphatic carbocycles. The highest BCUT2D eigenvalue weighted by Gasteiger charge is 2.39. The minimum Gasteiger partial charge on any atom is -0.475 e. The van der Waals surface area contributed by atoms with Crippen LogP contribution in [0.1, 0.15) is 70.3 Å². The highest BCUT2D eigenvalue weighted by molar-refractivity contribution is 7.99. The Morgan fingerprint density at radius 3 is 2.20 bits per heavy atom. The molecule has 2 heterocycles. The van der Waals surface area contributed by atoms with Gasteiger partial charge in [0.15, 0.2) is 0 Å². The van der Waals surface area contributed by atoms with E-state index in [9.17, 15) is 36.7 Å². The third-order valence-corrected chi connectivity index (χ3v) is 10.5. The van der Waals surface area contributed by atoms with Crippen molar-refractivity contribution in [3.63, 3.8) is 0 Å². The number of hydrogen-bond donors (Lipinski definition) is 3. The number of nitrogens with one attached hydrogen (secondary N) is 1. The molecule has 1 unspecified atom stereocenters. The van der Waals surface area contributed by atoms with Crippen LogP contribution in [0, 0.1) is 17.0 Å². The molecule has 14 nitrogen and oxygen atoms in total. The lowest BCUT2D eigenvalue weighted by molar-refractivity contribution is -0.192. The van der Waals surface area contributed by atoms with Gasteiger partial charge in [-0.3, -0.25) is 24.1 Å². The van der Waals surface area contributed by atoms with Crippen LogP contribution in [0.15, 0.2) is 66.9 Å². The van der Waals surface area contributed by atoms with Crippen molar-refractivity contribution in [2.45, 2.75) is 71.6 Å². The average Bonchev–Trinajstić information content (AvgIpc) is 3.79. The molecule has 3 aromatic rings. The largest absolute Gasteiger partial charge is 0.490 e. The Morgan fingerprint density at radius 2 is 1.58 bits per heavy atom. The quantitative estimate of drug-likeness (QED) is 0.0504. The van der Waals surface area contributed by atoms with E-state index in [-0.39, 0.29) is 48.1 Å². The predicted molar refractivity (Wildman–Crippen MR) is 231 cm³/mol. The molecule has 1 aliphatic rings. The number of aliphatic carboxylic acids is 1. The molecule has 1 atom stereocenters. The Balaban J connectivity index is 0.00000143. The van der Waals surface area contributed by atoms with Crippen LogP contribution in [-0.4, -0.2) is 124 Å². The van der Waals surface area contributed by atoms with Crippen molar-refractivity contribution >= 4 is 41.4 Å². The molecule has 0 bridgehead atoms. The molecular weight excluding hydrogens is 868 g/mol. The van der Waals surface area contributed by atoms with Crippen molar-refractivity contribution in [3.8, 4) is 11.3 Å². The van der Waals surface area contributed by atoms with Gasteiger partial charge in [-0.25, -0.2) is 18.6 Å². The number of imide groups is 1. The summed E-state index contributed by atoms with van der Waals surface area (Å²) in [6, 6.07) is 12.6. The normalized spacial score (nSPS) is 13.2. The van der Waals surface area contributed by atoms with Gasteiger partial charge in [-0.15, -0.1) is 0 Å². The van der Waals surface area contributed by atoms with Crippen molar-refractivity contribution in [2.24, 2.45) is 11.1 Å². The van der Waals surface area contributed by atoms with E-state index in [1.54, 1.807) is 18.0 Å². The van der Waals surface area contributed by atoms with Crippen LogP contribution in [0.5, 0.6) is 0 Å². The zero-order chi connectivity index (χ0) is 47.3. The summed E-state index contributed by atoms with van der Waals surface area (Å²) in [6.07, 6.45) is 2.51. The number of nitrogens with two attached hydrogens (primary N) is 1. The van der Waals surface area contributed by atoms with Crippen molar-refractivity contribution in [1.29, 1.82) is 0 Å². The van der Waals surface area contributed by atoms with Crippen molar-refractivity contribution < 1.29 is 60.5 Å². The first kappa shape index (κ1) is 53.2. The number of hydrogen-bond acceptors (Lipinski definition) is 10. The lowest BCUT2D eigenvalue weighted by Crippen LogP contribution is -2.44. The molecule has 0 fully saturated rings. The van der Waals surface area contributed by atoms with Crippen molar-refractivity contribution in [1.82, 2.24) is 24.7 Å². The zero-order valence-corrected chi connectivity index (χ0v) is 37.0. The molecule has 4 N–H and O–H groups in total. The van der Waals surface area contributed by atoms with Crippen LogP contribution in [0.4, 0.5) is 22.0 Å². The summed E-state index contributed by atoms with van der Waals surface area (Å²) in [5, 5.41) is 9.97. The van der Waals surface area contributed by atoms with E-state index < -0.39 is 35.2 Å². The Kier molecular flexibility index (Phi) is 22.1. The van der Waals surface area contributed by atoms with Gasteiger partial charge in [0.1, 0.15) is 17.5 Å². The van der Waals surface area contributed by atoms with Gasteiger partial charge in [-0.05, 0) is 60.7 Å². The monoisotopic (exact) mass is 924 g/mol.